The largest absolute Gasteiger partial charge is 0.376 e. The summed E-state index contributed by atoms with van der Waals surface area (Å²) in [6.45, 7) is 0. The van der Waals surface area contributed by atoms with Crippen molar-refractivity contribution >= 4 is 17.4 Å². The Balaban J connectivity index is 1.66. The van der Waals surface area contributed by atoms with Crippen LogP contribution in [0.1, 0.15) is 55.5 Å². The fourth-order valence-corrected chi connectivity index (χ4v) is 4.45. The van der Waals surface area contributed by atoms with Crippen LogP contribution in [0.3, 0.4) is 0 Å². The summed E-state index contributed by atoms with van der Waals surface area (Å²) < 4.78 is 5.92. The number of hydrazone groups is 1. The van der Waals surface area contributed by atoms with Gasteiger partial charge >= 0.3 is 0 Å². The van der Waals surface area contributed by atoms with Crippen LogP contribution in [-0.4, -0.2) is 18.9 Å². The number of nitrogens with one attached hydrogen (secondary N) is 1. The molecular weight excluding hydrogens is 364 g/mol. The first-order valence-corrected chi connectivity index (χ1v) is 10.3. The van der Waals surface area contributed by atoms with Crippen LogP contribution < -0.4 is 16.1 Å². The van der Waals surface area contributed by atoms with Gasteiger partial charge in [-0.1, -0.05) is 61.7 Å². The highest BCUT2D eigenvalue weighted by Gasteiger charge is 2.31. The zero-order chi connectivity index (χ0) is 20.2. The minimum Gasteiger partial charge on any atom is -0.376 e. The number of anilines is 1. The molecule has 1 saturated carbocycles. The number of hydrogen-bond acceptors (Lipinski definition) is 5. The highest BCUT2D eigenvalue weighted by atomic mass is 16.5. The SMILES string of the molecule is COC(c1cccc(N2N=C(C(N)=O)NC2c2ccccc2)c1)C1CCCCC1. The number of amidine groups is 1. The zero-order valence-corrected chi connectivity index (χ0v) is 16.8. The lowest BCUT2D eigenvalue weighted by molar-refractivity contribution is -0.112. The van der Waals surface area contributed by atoms with Crippen molar-refractivity contribution in [2.75, 3.05) is 12.1 Å². The third-order valence-electron chi connectivity index (χ3n) is 5.87. The first-order valence-electron chi connectivity index (χ1n) is 10.3. The van der Waals surface area contributed by atoms with E-state index < -0.39 is 5.91 Å². The average molecular weight is 393 g/mol. The molecule has 0 bridgehead atoms. The Kier molecular flexibility index (Phi) is 5.81. The van der Waals surface area contributed by atoms with Gasteiger partial charge in [-0.2, -0.15) is 0 Å². The van der Waals surface area contributed by atoms with Crippen molar-refractivity contribution in [1.29, 1.82) is 0 Å². The molecule has 3 N–H and O–H groups in total. The standard InChI is InChI=1S/C23H28N4O2/c1-29-20(16-9-4-2-5-10-16)18-13-8-14-19(15-18)27-23(17-11-6-3-7-12-17)25-22(26-27)21(24)28/h3,6-8,11-16,20,23H,2,4-5,9-10H2,1H3,(H2,24,28)(H,25,26). The van der Waals surface area contributed by atoms with Crippen LogP contribution in [0.15, 0.2) is 59.7 Å². The summed E-state index contributed by atoms with van der Waals surface area (Å²) in [4.78, 5) is 11.8. The number of carbonyl (C=O) groups is 1. The van der Waals surface area contributed by atoms with Gasteiger partial charge in [0.2, 0.25) is 5.84 Å². The summed E-state index contributed by atoms with van der Waals surface area (Å²) in [7, 11) is 1.79. The van der Waals surface area contributed by atoms with Gasteiger partial charge in [0.1, 0.15) is 6.17 Å². The van der Waals surface area contributed by atoms with Gasteiger partial charge in [0, 0.05) is 7.11 Å². The molecule has 1 aliphatic heterocycles. The minimum absolute atomic E-state index is 0.0700. The van der Waals surface area contributed by atoms with Gasteiger partial charge in [-0.15, -0.1) is 5.10 Å². The number of nitrogens with two attached hydrogens (primary N) is 1. The lowest BCUT2D eigenvalue weighted by Crippen LogP contribution is -2.36. The van der Waals surface area contributed by atoms with Crippen LogP contribution in [0.25, 0.3) is 0 Å². The smallest absolute Gasteiger partial charge is 0.286 e. The first kappa shape index (κ1) is 19.5. The minimum atomic E-state index is -0.568. The van der Waals surface area contributed by atoms with Crippen LogP contribution in [0, 0.1) is 5.92 Å². The lowest BCUT2D eigenvalue weighted by Gasteiger charge is -2.30. The Morgan fingerprint density at radius 1 is 1.14 bits per heavy atom. The maximum Gasteiger partial charge on any atom is 0.286 e. The molecule has 29 heavy (non-hydrogen) atoms. The van der Waals surface area contributed by atoms with Gasteiger partial charge < -0.3 is 15.8 Å². The van der Waals surface area contributed by atoms with Crippen LogP contribution >= 0.6 is 0 Å². The van der Waals surface area contributed by atoms with E-state index in [9.17, 15) is 4.79 Å². The van der Waals surface area contributed by atoms with Crippen molar-refractivity contribution in [3.63, 3.8) is 0 Å². The molecule has 2 aromatic carbocycles. The monoisotopic (exact) mass is 392 g/mol. The number of primary amides is 1. The van der Waals surface area contributed by atoms with E-state index in [2.05, 4.69) is 22.6 Å². The number of methoxy groups -OCH3 is 1. The molecule has 2 atom stereocenters. The first-order chi connectivity index (χ1) is 14.2. The maximum absolute atomic E-state index is 11.8. The maximum atomic E-state index is 11.8. The van der Waals surface area contributed by atoms with E-state index in [4.69, 9.17) is 10.5 Å². The van der Waals surface area contributed by atoms with E-state index >= 15 is 0 Å². The summed E-state index contributed by atoms with van der Waals surface area (Å²) >= 11 is 0. The molecule has 6 nitrogen and oxygen atoms in total. The van der Waals surface area contributed by atoms with Gasteiger partial charge in [-0.3, -0.25) is 4.79 Å². The Hall–Kier alpha value is -2.86. The summed E-state index contributed by atoms with van der Waals surface area (Å²) in [6, 6.07) is 18.2. The fraction of sp³-hybridized carbons (Fsp3) is 0.391. The number of nitrogens with zero attached hydrogens (tertiary/aromatic N) is 2. The molecule has 0 radical (unpaired) electrons. The van der Waals surface area contributed by atoms with Crippen molar-refractivity contribution < 1.29 is 9.53 Å². The van der Waals surface area contributed by atoms with Gasteiger partial charge in [-0.05, 0) is 42.0 Å². The summed E-state index contributed by atoms with van der Waals surface area (Å²) in [6.07, 6.45) is 6.03. The quantitative estimate of drug-likeness (QED) is 0.782. The van der Waals surface area contributed by atoms with E-state index in [1.807, 2.05) is 47.5 Å². The van der Waals surface area contributed by atoms with Crippen molar-refractivity contribution in [2.45, 2.75) is 44.4 Å². The Morgan fingerprint density at radius 3 is 2.59 bits per heavy atom. The summed E-state index contributed by atoms with van der Waals surface area (Å²) in [5.74, 6) is 0.136. The molecule has 2 aromatic rings. The molecule has 0 spiro atoms. The van der Waals surface area contributed by atoms with E-state index in [1.165, 1.54) is 32.1 Å². The molecule has 152 valence electrons. The van der Waals surface area contributed by atoms with Crippen molar-refractivity contribution in [3.8, 4) is 0 Å². The van der Waals surface area contributed by atoms with E-state index in [0.717, 1.165) is 16.8 Å². The number of amides is 1. The molecule has 1 fully saturated rings. The van der Waals surface area contributed by atoms with Crippen LogP contribution in [-0.2, 0) is 9.53 Å². The second kappa shape index (κ2) is 8.66. The number of hydrogen-bond donors (Lipinski definition) is 2. The summed E-state index contributed by atoms with van der Waals surface area (Å²) in [5, 5.41) is 9.46. The van der Waals surface area contributed by atoms with Crippen LogP contribution in [0.4, 0.5) is 5.69 Å². The predicted molar refractivity (Wildman–Crippen MR) is 114 cm³/mol. The molecule has 4 rings (SSSR count). The van der Waals surface area contributed by atoms with E-state index in [1.54, 1.807) is 7.11 Å². The van der Waals surface area contributed by atoms with Crippen molar-refractivity contribution in [2.24, 2.45) is 16.8 Å². The molecule has 0 saturated heterocycles. The topological polar surface area (TPSA) is 79.9 Å². The molecule has 2 aliphatic rings. The van der Waals surface area contributed by atoms with Crippen molar-refractivity contribution in [1.82, 2.24) is 5.32 Å². The summed E-state index contributed by atoms with van der Waals surface area (Å²) in [5.41, 5.74) is 8.55. The molecule has 1 aliphatic carbocycles. The molecule has 1 amide bonds. The van der Waals surface area contributed by atoms with E-state index in [0.29, 0.717) is 5.92 Å². The van der Waals surface area contributed by atoms with E-state index in [-0.39, 0.29) is 18.1 Å². The van der Waals surface area contributed by atoms with Gasteiger partial charge in [0.15, 0.2) is 0 Å². The third-order valence-corrected chi connectivity index (χ3v) is 5.87. The number of ether oxygens (including phenoxy) is 1. The Labute approximate surface area is 171 Å². The molecular formula is C23H28N4O2. The Morgan fingerprint density at radius 2 is 1.90 bits per heavy atom. The lowest BCUT2D eigenvalue weighted by atomic mass is 9.82. The van der Waals surface area contributed by atoms with Gasteiger partial charge in [0.25, 0.3) is 5.91 Å². The normalized spacial score (nSPS) is 20.8. The van der Waals surface area contributed by atoms with Crippen molar-refractivity contribution in [3.05, 3.63) is 65.7 Å². The highest BCUT2D eigenvalue weighted by Crippen LogP contribution is 2.38. The molecule has 0 aromatic heterocycles. The fourth-order valence-electron chi connectivity index (χ4n) is 4.45. The molecule has 1 heterocycles. The third kappa shape index (κ3) is 4.12. The van der Waals surface area contributed by atoms with Crippen LogP contribution in [0.5, 0.6) is 0 Å². The Bertz CT molecular complexity index is 877. The number of carbonyl (C=O) groups excluding carboxylic acids is 1. The second-order valence-corrected chi connectivity index (χ2v) is 7.76. The molecule has 2 unspecified atom stereocenters. The number of rotatable bonds is 6. The second-order valence-electron chi connectivity index (χ2n) is 7.76. The number of benzene rings is 2. The molecule has 6 heteroatoms. The van der Waals surface area contributed by atoms with Crippen LogP contribution in [0.2, 0.25) is 0 Å². The van der Waals surface area contributed by atoms with Gasteiger partial charge in [0.05, 0.1) is 11.8 Å². The predicted octanol–water partition coefficient (Wildman–Crippen LogP) is 3.86. The zero-order valence-electron chi connectivity index (χ0n) is 16.8. The van der Waals surface area contributed by atoms with Gasteiger partial charge in [-0.25, -0.2) is 5.01 Å². The average Bonchev–Trinajstić information content (AvgIpc) is 3.22. The highest BCUT2D eigenvalue weighted by molar-refractivity contribution is 6.38.